The summed E-state index contributed by atoms with van der Waals surface area (Å²) < 4.78 is 7.16. The van der Waals surface area contributed by atoms with Gasteiger partial charge in [-0.25, -0.2) is 9.97 Å². The monoisotopic (exact) mass is 1010 g/mol. The first-order valence-electron chi connectivity index (χ1n) is 26.3. The Morgan fingerprint density at radius 3 is 1.10 bits per heavy atom. The van der Waals surface area contributed by atoms with E-state index < -0.39 is 0 Å². The molecule has 15 aromatic rings. The van der Waals surface area contributed by atoms with Gasteiger partial charge in [0.15, 0.2) is 5.82 Å². The van der Waals surface area contributed by atoms with Crippen LogP contribution >= 0.6 is 0 Å². The number of nitrogens with zero attached hydrogens (tertiary/aromatic N) is 7. The zero-order valence-electron chi connectivity index (χ0n) is 42.5. The molecule has 0 saturated carbocycles. The van der Waals surface area contributed by atoms with E-state index in [1.165, 1.54) is 21.5 Å². The highest BCUT2D eigenvalue weighted by Crippen LogP contribution is 2.46. The van der Waals surface area contributed by atoms with E-state index in [1.54, 1.807) is 0 Å². The van der Waals surface area contributed by atoms with Crippen LogP contribution in [0.3, 0.4) is 0 Å². The molecular formula is C72H43N7. The standard InChI is InChI=1S/C72H43N7/c73-44-46-17-15-23-50(37-46)59-39-52(64-43-63(48-19-3-1-4-20-48)75-72(76-64)49-21-5-2-6-22-49)40-60(51-24-16-18-47(38-51)45-74)71(59)79-69-35-33-53(77-65-29-11-7-25-55(65)56-26-8-12-30-66(56)77)41-61(69)62-42-54(34-36-70(62)79)78-67-31-13-9-27-57(67)58-28-10-14-32-68(58)78/h1-43H. The normalized spacial score (nSPS) is 11.5. The molecule has 0 unspecified atom stereocenters. The van der Waals surface area contributed by atoms with Crippen molar-refractivity contribution in [3.8, 4) is 85.4 Å². The SMILES string of the molecule is N#Cc1cccc(-c2cc(-c3cc(-c4ccccc4)nc(-c4ccccc4)n3)cc(-c3cccc(C#N)c3)c2-n2c3ccc(-n4c5ccccc5c5ccccc54)cc3c3cc(-n4c5ccccc5c5ccccc54)ccc32)c1. The first-order chi connectivity index (χ1) is 39.1. The van der Waals surface area contributed by atoms with Gasteiger partial charge >= 0.3 is 0 Å². The Hall–Kier alpha value is -11.1. The number of nitriles is 2. The lowest BCUT2D eigenvalue weighted by Gasteiger charge is -2.22. The third-order valence-corrected chi connectivity index (χ3v) is 15.5. The van der Waals surface area contributed by atoms with Crippen molar-refractivity contribution in [3.05, 3.63) is 272 Å². The van der Waals surface area contributed by atoms with Crippen LogP contribution in [0.2, 0.25) is 0 Å². The van der Waals surface area contributed by atoms with E-state index >= 15 is 0 Å². The Bertz CT molecular complexity index is 4630. The van der Waals surface area contributed by atoms with Crippen molar-refractivity contribution >= 4 is 65.4 Å². The van der Waals surface area contributed by atoms with Gasteiger partial charge in [-0.2, -0.15) is 10.5 Å². The van der Waals surface area contributed by atoms with Gasteiger partial charge in [0.05, 0.1) is 73.4 Å². The van der Waals surface area contributed by atoms with Crippen molar-refractivity contribution in [1.82, 2.24) is 23.7 Å². The Morgan fingerprint density at radius 2 is 0.658 bits per heavy atom. The second kappa shape index (κ2) is 18.3. The number of benzene rings is 11. The number of aromatic nitrogens is 5. The summed E-state index contributed by atoms with van der Waals surface area (Å²) in [6.45, 7) is 0. The van der Waals surface area contributed by atoms with Gasteiger partial charge in [0.25, 0.3) is 0 Å². The molecule has 79 heavy (non-hydrogen) atoms. The summed E-state index contributed by atoms with van der Waals surface area (Å²) >= 11 is 0. The average molecular weight is 1010 g/mol. The smallest absolute Gasteiger partial charge is 0.160 e. The van der Waals surface area contributed by atoms with Gasteiger partial charge in [0.1, 0.15) is 0 Å². The Morgan fingerprint density at radius 1 is 0.278 bits per heavy atom. The molecule has 366 valence electrons. The van der Waals surface area contributed by atoms with E-state index in [0.29, 0.717) is 17.0 Å². The van der Waals surface area contributed by atoms with Crippen LogP contribution in [-0.4, -0.2) is 23.7 Å². The van der Waals surface area contributed by atoms with E-state index in [4.69, 9.17) is 9.97 Å². The number of fused-ring (bicyclic) bond motifs is 9. The summed E-state index contributed by atoms with van der Waals surface area (Å²) in [4.78, 5) is 10.5. The summed E-state index contributed by atoms with van der Waals surface area (Å²) in [5.74, 6) is 0.600. The lowest BCUT2D eigenvalue weighted by atomic mass is 9.90. The first-order valence-corrected chi connectivity index (χ1v) is 26.3. The van der Waals surface area contributed by atoms with Crippen LogP contribution in [0, 0.1) is 22.7 Å². The second-order valence-corrected chi connectivity index (χ2v) is 20.0. The number of para-hydroxylation sites is 4. The summed E-state index contributed by atoms with van der Waals surface area (Å²) in [6, 6.07) is 95.6. The first kappa shape index (κ1) is 45.3. The van der Waals surface area contributed by atoms with Gasteiger partial charge in [-0.05, 0) is 114 Å². The molecule has 7 heteroatoms. The fourth-order valence-electron chi connectivity index (χ4n) is 12.0. The maximum atomic E-state index is 10.5. The third-order valence-electron chi connectivity index (χ3n) is 15.5. The quantitative estimate of drug-likeness (QED) is 0.152. The van der Waals surface area contributed by atoms with Gasteiger partial charge in [-0.1, -0.05) is 158 Å². The van der Waals surface area contributed by atoms with Crippen molar-refractivity contribution in [2.75, 3.05) is 0 Å². The predicted octanol–water partition coefficient (Wildman–Crippen LogP) is 17.8. The van der Waals surface area contributed by atoms with Crippen molar-refractivity contribution < 1.29 is 0 Å². The molecular weight excluding hydrogens is 963 g/mol. The highest BCUT2D eigenvalue weighted by Gasteiger charge is 2.25. The summed E-state index contributed by atoms with van der Waals surface area (Å²) in [6.07, 6.45) is 0. The molecule has 0 bridgehead atoms. The van der Waals surface area contributed by atoms with E-state index in [1.807, 2.05) is 84.9 Å². The van der Waals surface area contributed by atoms with Gasteiger partial charge in [0, 0.05) is 71.5 Å². The fourth-order valence-corrected chi connectivity index (χ4v) is 12.0. The van der Waals surface area contributed by atoms with Gasteiger partial charge in [0.2, 0.25) is 0 Å². The van der Waals surface area contributed by atoms with E-state index in [-0.39, 0.29) is 0 Å². The lowest BCUT2D eigenvalue weighted by Crippen LogP contribution is -2.03. The van der Waals surface area contributed by atoms with Crippen LogP contribution in [0.15, 0.2) is 261 Å². The minimum atomic E-state index is 0.538. The van der Waals surface area contributed by atoms with Gasteiger partial charge in [-0.15, -0.1) is 0 Å². The Kier molecular flexibility index (Phi) is 10.5. The Labute approximate surface area is 454 Å². The molecule has 0 atom stereocenters. The molecule has 0 spiro atoms. The van der Waals surface area contributed by atoms with E-state index in [0.717, 1.165) is 111 Å². The highest BCUT2D eigenvalue weighted by molar-refractivity contribution is 6.15. The molecule has 0 amide bonds. The minimum Gasteiger partial charge on any atom is -0.309 e. The summed E-state index contributed by atoms with van der Waals surface area (Å²) in [7, 11) is 0. The summed E-state index contributed by atoms with van der Waals surface area (Å²) in [5, 5.41) is 27.9. The van der Waals surface area contributed by atoms with Crippen LogP contribution in [0.1, 0.15) is 11.1 Å². The Balaban J connectivity index is 1.08. The average Bonchev–Trinajstić information content (AvgIpc) is 4.21. The molecule has 15 rings (SSSR count). The zero-order valence-corrected chi connectivity index (χ0v) is 42.5. The molecule has 0 N–H and O–H groups in total. The maximum Gasteiger partial charge on any atom is 0.160 e. The van der Waals surface area contributed by atoms with Crippen LogP contribution in [0.5, 0.6) is 0 Å². The lowest BCUT2D eigenvalue weighted by molar-refractivity contribution is 1.16. The molecule has 0 radical (unpaired) electrons. The van der Waals surface area contributed by atoms with Crippen molar-refractivity contribution in [3.63, 3.8) is 0 Å². The topological polar surface area (TPSA) is 88.2 Å². The molecule has 0 aliphatic rings. The molecule has 11 aromatic carbocycles. The van der Waals surface area contributed by atoms with Gasteiger partial charge in [-0.3, -0.25) is 0 Å². The predicted molar refractivity (Wildman–Crippen MR) is 322 cm³/mol. The zero-order chi connectivity index (χ0) is 52.6. The molecule has 0 aliphatic heterocycles. The number of hydrogen-bond donors (Lipinski definition) is 0. The van der Waals surface area contributed by atoms with Crippen molar-refractivity contribution in [1.29, 1.82) is 10.5 Å². The third kappa shape index (κ3) is 7.41. The number of hydrogen-bond acceptors (Lipinski definition) is 4. The minimum absolute atomic E-state index is 0.538. The van der Waals surface area contributed by atoms with Crippen LogP contribution in [0.25, 0.3) is 139 Å². The summed E-state index contributed by atoms with van der Waals surface area (Å²) in [5.41, 5.74) is 18.2. The van der Waals surface area contributed by atoms with E-state index in [2.05, 4.69) is 202 Å². The number of rotatable bonds is 8. The molecule has 0 aliphatic carbocycles. The van der Waals surface area contributed by atoms with Crippen LogP contribution in [-0.2, 0) is 0 Å². The van der Waals surface area contributed by atoms with Crippen molar-refractivity contribution in [2.45, 2.75) is 0 Å². The van der Waals surface area contributed by atoms with Gasteiger partial charge < -0.3 is 13.7 Å². The highest BCUT2D eigenvalue weighted by atomic mass is 15.0. The second-order valence-electron chi connectivity index (χ2n) is 20.0. The maximum absolute atomic E-state index is 10.5. The molecule has 0 fully saturated rings. The fraction of sp³-hybridized carbons (Fsp3) is 0. The molecule has 7 nitrogen and oxygen atoms in total. The van der Waals surface area contributed by atoms with Crippen LogP contribution < -0.4 is 0 Å². The largest absolute Gasteiger partial charge is 0.309 e. The molecule has 4 aromatic heterocycles. The molecule has 4 heterocycles. The van der Waals surface area contributed by atoms with Crippen molar-refractivity contribution in [2.24, 2.45) is 0 Å². The van der Waals surface area contributed by atoms with Crippen LogP contribution in [0.4, 0.5) is 0 Å². The molecule has 0 saturated heterocycles. The van der Waals surface area contributed by atoms with E-state index in [9.17, 15) is 10.5 Å².